The summed E-state index contributed by atoms with van der Waals surface area (Å²) in [5.74, 6) is 1.56. The molecule has 1 aliphatic carbocycles. The lowest BCUT2D eigenvalue weighted by atomic mass is 9.84. The molecular formula is C17H33ClN2O. The summed E-state index contributed by atoms with van der Waals surface area (Å²) in [4.78, 5) is 12.2. The number of hydrogen-bond acceptors (Lipinski definition) is 2. The molecule has 124 valence electrons. The first kappa shape index (κ1) is 18.8. The molecular weight excluding hydrogens is 284 g/mol. The Morgan fingerprint density at radius 3 is 2.24 bits per heavy atom. The van der Waals surface area contributed by atoms with Crippen LogP contribution in [0.25, 0.3) is 0 Å². The molecule has 1 saturated carbocycles. The molecule has 1 heterocycles. The Labute approximate surface area is 136 Å². The monoisotopic (exact) mass is 316 g/mol. The minimum atomic E-state index is 0. The molecule has 0 radical (unpaired) electrons. The smallest absolute Gasteiger partial charge is 0.220 e. The number of nitrogens with one attached hydrogen (secondary N) is 2. The quantitative estimate of drug-likeness (QED) is 0.831. The van der Waals surface area contributed by atoms with Gasteiger partial charge in [-0.15, -0.1) is 12.4 Å². The van der Waals surface area contributed by atoms with Crippen LogP contribution < -0.4 is 10.6 Å². The standard InChI is InChI=1S/C17H32N2O.ClH/c1-14(15-9-11-18-12-10-15)13-17(20)19-16-7-5-3-2-4-6-8-16;/h14-16,18H,2-13H2,1H3,(H,19,20);1H. The Bertz CT molecular complexity index is 279. The van der Waals surface area contributed by atoms with E-state index in [1.54, 1.807) is 0 Å². The number of carbonyl (C=O) groups is 1. The van der Waals surface area contributed by atoms with Gasteiger partial charge in [-0.05, 0) is 50.6 Å². The van der Waals surface area contributed by atoms with E-state index in [2.05, 4.69) is 17.6 Å². The van der Waals surface area contributed by atoms with Gasteiger partial charge in [0.2, 0.25) is 5.91 Å². The van der Waals surface area contributed by atoms with Crippen molar-refractivity contribution in [1.29, 1.82) is 0 Å². The fourth-order valence-corrected chi connectivity index (χ4v) is 3.76. The molecule has 0 aromatic carbocycles. The number of hydrogen-bond donors (Lipinski definition) is 2. The van der Waals surface area contributed by atoms with E-state index in [4.69, 9.17) is 0 Å². The number of rotatable bonds is 4. The summed E-state index contributed by atoms with van der Waals surface area (Å²) in [6, 6.07) is 0.447. The van der Waals surface area contributed by atoms with Crippen LogP contribution in [0.3, 0.4) is 0 Å². The second-order valence-electron chi connectivity index (χ2n) is 6.88. The minimum Gasteiger partial charge on any atom is -0.353 e. The first-order valence-electron chi connectivity index (χ1n) is 8.76. The largest absolute Gasteiger partial charge is 0.353 e. The molecule has 1 aliphatic heterocycles. The Morgan fingerprint density at radius 1 is 1.05 bits per heavy atom. The van der Waals surface area contributed by atoms with Gasteiger partial charge in [-0.25, -0.2) is 0 Å². The summed E-state index contributed by atoms with van der Waals surface area (Å²) in [7, 11) is 0. The fraction of sp³-hybridized carbons (Fsp3) is 0.941. The zero-order valence-corrected chi connectivity index (χ0v) is 14.4. The van der Waals surface area contributed by atoms with Crippen LogP contribution in [0.5, 0.6) is 0 Å². The molecule has 1 unspecified atom stereocenters. The van der Waals surface area contributed by atoms with Gasteiger partial charge < -0.3 is 10.6 Å². The molecule has 0 aromatic heterocycles. The molecule has 0 aromatic rings. The second-order valence-corrected chi connectivity index (χ2v) is 6.88. The highest BCUT2D eigenvalue weighted by Gasteiger charge is 2.23. The number of piperidine rings is 1. The summed E-state index contributed by atoms with van der Waals surface area (Å²) < 4.78 is 0. The Hall–Kier alpha value is -0.280. The average Bonchev–Trinajstić information content (AvgIpc) is 2.42. The van der Waals surface area contributed by atoms with Crippen LogP contribution in [-0.4, -0.2) is 25.0 Å². The molecule has 3 nitrogen and oxygen atoms in total. The highest BCUT2D eigenvalue weighted by Crippen LogP contribution is 2.24. The van der Waals surface area contributed by atoms with E-state index < -0.39 is 0 Å². The maximum atomic E-state index is 12.2. The van der Waals surface area contributed by atoms with Crippen LogP contribution in [0, 0.1) is 11.8 Å². The third-order valence-electron chi connectivity index (χ3n) is 5.17. The first-order chi connectivity index (χ1) is 9.75. The summed E-state index contributed by atoms with van der Waals surface area (Å²) in [6.07, 6.45) is 12.2. The van der Waals surface area contributed by atoms with Crippen LogP contribution in [-0.2, 0) is 4.79 Å². The van der Waals surface area contributed by atoms with Gasteiger partial charge in [0.25, 0.3) is 0 Å². The molecule has 1 atom stereocenters. The average molecular weight is 317 g/mol. The van der Waals surface area contributed by atoms with Crippen LogP contribution in [0.4, 0.5) is 0 Å². The van der Waals surface area contributed by atoms with Crippen LogP contribution in [0.2, 0.25) is 0 Å². The van der Waals surface area contributed by atoms with Gasteiger partial charge in [0.15, 0.2) is 0 Å². The zero-order chi connectivity index (χ0) is 14.2. The van der Waals surface area contributed by atoms with Gasteiger partial charge >= 0.3 is 0 Å². The number of halogens is 1. The van der Waals surface area contributed by atoms with Gasteiger partial charge in [-0.2, -0.15) is 0 Å². The molecule has 0 spiro atoms. The van der Waals surface area contributed by atoms with E-state index in [1.807, 2.05) is 0 Å². The first-order valence-corrected chi connectivity index (χ1v) is 8.76. The van der Waals surface area contributed by atoms with Gasteiger partial charge in [-0.1, -0.05) is 39.0 Å². The van der Waals surface area contributed by atoms with Crippen molar-refractivity contribution in [1.82, 2.24) is 10.6 Å². The van der Waals surface area contributed by atoms with Crippen LogP contribution in [0.1, 0.15) is 71.1 Å². The molecule has 2 N–H and O–H groups in total. The molecule has 2 rings (SSSR count). The van der Waals surface area contributed by atoms with Crippen molar-refractivity contribution in [3.63, 3.8) is 0 Å². The third-order valence-corrected chi connectivity index (χ3v) is 5.17. The van der Waals surface area contributed by atoms with Crippen molar-refractivity contribution < 1.29 is 4.79 Å². The van der Waals surface area contributed by atoms with E-state index in [0.29, 0.717) is 17.9 Å². The molecule has 2 fully saturated rings. The van der Waals surface area contributed by atoms with E-state index in [1.165, 1.54) is 57.8 Å². The normalized spacial score (nSPS) is 23.5. The van der Waals surface area contributed by atoms with Gasteiger partial charge in [-0.3, -0.25) is 4.79 Å². The second kappa shape index (κ2) is 10.4. The lowest BCUT2D eigenvalue weighted by molar-refractivity contribution is -0.123. The maximum Gasteiger partial charge on any atom is 0.220 e. The van der Waals surface area contributed by atoms with Gasteiger partial charge in [0.05, 0.1) is 0 Å². The highest BCUT2D eigenvalue weighted by molar-refractivity contribution is 5.85. The fourth-order valence-electron chi connectivity index (χ4n) is 3.76. The summed E-state index contributed by atoms with van der Waals surface area (Å²) >= 11 is 0. The van der Waals surface area contributed by atoms with Crippen molar-refractivity contribution in [3.8, 4) is 0 Å². The topological polar surface area (TPSA) is 41.1 Å². The molecule has 1 amide bonds. The predicted octanol–water partition coefficient (Wildman–Crippen LogP) is 3.66. The Balaban J connectivity index is 0.00000220. The molecule has 4 heteroatoms. The molecule has 0 bridgehead atoms. The lowest BCUT2D eigenvalue weighted by Crippen LogP contribution is -2.38. The Morgan fingerprint density at radius 2 is 1.62 bits per heavy atom. The maximum absolute atomic E-state index is 12.2. The molecule has 1 saturated heterocycles. The third kappa shape index (κ3) is 7.01. The SMILES string of the molecule is CC(CC(=O)NC1CCCCCCC1)C1CCNCC1.Cl. The summed E-state index contributed by atoms with van der Waals surface area (Å²) in [5.41, 5.74) is 0. The highest BCUT2D eigenvalue weighted by atomic mass is 35.5. The molecule has 2 aliphatic rings. The Kier molecular flexibility index (Phi) is 9.34. The van der Waals surface area contributed by atoms with Gasteiger partial charge in [0, 0.05) is 12.5 Å². The van der Waals surface area contributed by atoms with E-state index in [9.17, 15) is 4.79 Å². The molecule has 21 heavy (non-hydrogen) atoms. The van der Waals surface area contributed by atoms with E-state index in [0.717, 1.165) is 25.4 Å². The van der Waals surface area contributed by atoms with E-state index >= 15 is 0 Å². The zero-order valence-electron chi connectivity index (χ0n) is 13.5. The predicted molar refractivity (Wildman–Crippen MR) is 90.9 cm³/mol. The van der Waals surface area contributed by atoms with Crippen LogP contribution >= 0.6 is 12.4 Å². The number of carbonyl (C=O) groups excluding carboxylic acids is 1. The van der Waals surface area contributed by atoms with Crippen LogP contribution in [0.15, 0.2) is 0 Å². The summed E-state index contributed by atoms with van der Waals surface area (Å²) in [6.45, 7) is 4.51. The van der Waals surface area contributed by atoms with Crippen molar-refractivity contribution >= 4 is 18.3 Å². The van der Waals surface area contributed by atoms with Gasteiger partial charge in [0.1, 0.15) is 0 Å². The summed E-state index contributed by atoms with van der Waals surface area (Å²) in [5, 5.41) is 6.70. The van der Waals surface area contributed by atoms with Crippen molar-refractivity contribution in [3.05, 3.63) is 0 Å². The minimum absolute atomic E-state index is 0. The lowest BCUT2D eigenvalue weighted by Gasteiger charge is -2.28. The number of amides is 1. The van der Waals surface area contributed by atoms with Crippen molar-refractivity contribution in [2.24, 2.45) is 11.8 Å². The van der Waals surface area contributed by atoms with Crippen molar-refractivity contribution in [2.75, 3.05) is 13.1 Å². The van der Waals surface area contributed by atoms with Crippen molar-refractivity contribution in [2.45, 2.75) is 77.2 Å². The van der Waals surface area contributed by atoms with E-state index in [-0.39, 0.29) is 12.4 Å².